The van der Waals surface area contributed by atoms with E-state index < -0.39 is 0 Å². The summed E-state index contributed by atoms with van der Waals surface area (Å²) in [7, 11) is 0. The van der Waals surface area contributed by atoms with Crippen molar-refractivity contribution in [2.45, 2.75) is 31.8 Å². The maximum atomic E-state index is 13.2. The number of aryl methyl sites for hydroxylation is 1. The Hall–Kier alpha value is -3.25. The largest absolute Gasteiger partial charge is 0.348 e. The second kappa shape index (κ2) is 7.88. The molecule has 150 valence electrons. The van der Waals surface area contributed by atoms with Crippen molar-refractivity contribution >= 4 is 27.5 Å². The predicted molar refractivity (Wildman–Crippen MR) is 120 cm³/mol. The first-order valence-corrected chi connectivity index (χ1v) is 11.0. The molecule has 2 aromatic heterocycles. The second-order valence-corrected chi connectivity index (χ2v) is 8.44. The third-order valence-electron chi connectivity index (χ3n) is 5.66. The Morgan fingerprint density at radius 2 is 1.93 bits per heavy atom. The molecule has 0 bridgehead atoms. The number of hydrogen-bond donors (Lipinski definition) is 1. The minimum Gasteiger partial charge on any atom is -0.348 e. The van der Waals surface area contributed by atoms with Crippen molar-refractivity contribution in [2.75, 3.05) is 0 Å². The summed E-state index contributed by atoms with van der Waals surface area (Å²) in [4.78, 5) is 31.1. The van der Waals surface area contributed by atoms with E-state index in [1.54, 1.807) is 0 Å². The van der Waals surface area contributed by atoms with E-state index in [1.165, 1.54) is 33.4 Å². The molecule has 0 saturated heterocycles. The van der Waals surface area contributed by atoms with Crippen LogP contribution in [0.1, 0.15) is 30.0 Å². The molecule has 6 heteroatoms. The lowest BCUT2D eigenvalue weighted by molar-refractivity contribution is -0.122. The Balaban J connectivity index is 1.42. The van der Waals surface area contributed by atoms with Crippen LogP contribution in [0.15, 0.2) is 71.1 Å². The Labute approximate surface area is 178 Å². The number of fused-ring (bicyclic) bond motifs is 2. The van der Waals surface area contributed by atoms with Crippen molar-refractivity contribution in [3.8, 4) is 11.1 Å². The molecule has 5 nitrogen and oxygen atoms in total. The first-order chi connectivity index (χ1) is 14.7. The Kier molecular flexibility index (Phi) is 4.93. The van der Waals surface area contributed by atoms with Gasteiger partial charge >= 0.3 is 0 Å². The Morgan fingerprint density at radius 3 is 2.80 bits per heavy atom. The molecule has 0 radical (unpaired) electrons. The monoisotopic (exact) mass is 415 g/mol. The lowest BCUT2D eigenvalue weighted by atomic mass is 9.88. The zero-order valence-corrected chi connectivity index (χ0v) is 17.2. The molecule has 2 aromatic carbocycles. The van der Waals surface area contributed by atoms with E-state index in [4.69, 9.17) is 0 Å². The number of aromatic nitrogens is 2. The molecule has 0 spiro atoms. The van der Waals surface area contributed by atoms with Gasteiger partial charge in [-0.3, -0.25) is 14.2 Å². The first-order valence-electron chi connectivity index (χ1n) is 10.1. The number of benzene rings is 2. The molecule has 1 aliphatic rings. The lowest BCUT2D eigenvalue weighted by Gasteiger charge is -2.26. The minimum absolute atomic E-state index is 0.00382. The van der Waals surface area contributed by atoms with Gasteiger partial charge in [0, 0.05) is 10.9 Å². The molecule has 4 aromatic rings. The van der Waals surface area contributed by atoms with Crippen LogP contribution in [0.25, 0.3) is 21.3 Å². The molecule has 1 aliphatic carbocycles. The normalized spacial score (nSPS) is 15.7. The molecule has 0 fully saturated rings. The third kappa shape index (κ3) is 3.44. The van der Waals surface area contributed by atoms with Gasteiger partial charge in [-0.05, 0) is 36.0 Å². The van der Waals surface area contributed by atoms with Crippen molar-refractivity contribution < 1.29 is 4.79 Å². The highest BCUT2D eigenvalue weighted by molar-refractivity contribution is 7.17. The lowest BCUT2D eigenvalue weighted by Crippen LogP contribution is -2.36. The van der Waals surface area contributed by atoms with E-state index in [2.05, 4.69) is 22.4 Å². The number of nitrogens with one attached hydrogen (secondary N) is 1. The van der Waals surface area contributed by atoms with Crippen molar-refractivity contribution in [1.82, 2.24) is 14.9 Å². The highest BCUT2D eigenvalue weighted by Gasteiger charge is 2.22. The maximum Gasteiger partial charge on any atom is 0.263 e. The van der Waals surface area contributed by atoms with Gasteiger partial charge in [0.05, 0.1) is 17.8 Å². The number of nitrogens with zero attached hydrogens (tertiary/aromatic N) is 2. The number of rotatable bonds is 4. The van der Waals surface area contributed by atoms with Gasteiger partial charge in [-0.15, -0.1) is 11.3 Å². The van der Waals surface area contributed by atoms with Crippen LogP contribution in [0.5, 0.6) is 0 Å². The summed E-state index contributed by atoms with van der Waals surface area (Å²) >= 11 is 1.45. The average molecular weight is 416 g/mol. The van der Waals surface area contributed by atoms with Crippen molar-refractivity contribution in [1.29, 1.82) is 0 Å². The fraction of sp³-hybridized carbons (Fsp3) is 0.208. The van der Waals surface area contributed by atoms with Crippen LogP contribution < -0.4 is 10.9 Å². The standard InChI is InChI=1S/C24H21N3O2S/c28-21(26-20-12-6-10-16-9-4-5-11-18(16)20)13-27-15-25-23-22(24(27)29)19(14-30-23)17-7-2-1-3-8-17/h1-5,7-9,11,14-15,20H,6,10,12-13H2,(H,26,28)/t20-/m0/s1. The van der Waals surface area contributed by atoms with Gasteiger partial charge in [-0.2, -0.15) is 0 Å². The SMILES string of the molecule is O=C(Cn1cnc2scc(-c3ccccc3)c2c1=O)N[C@H]1CCCc2ccccc21. The number of carbonyl (C=O) groups is 1. The number of thiophene rings is 1. The number of carbonyl (C=O) groups excluding carboxylic acids is 1. The van der Waals surface area contributed by atoms with E-state index in [1.807, 2.05) is 47.8 Å². The van der Waals surface area contributed by atoms with Crippen LogP contribution in [0.4, 0.5) is 0 Å². The molecule has 2 heterocycles. The van der Waals surface area contributed by atoms with Crippen LogP contribution in [0, 0.1) is 0 Å². The molecule has 1 amide bonds. The van der Waals surface area contributed by atoms with Crippen LogP contribution in [-0.4, -0.2) is 15.5 Å². The van der Waals surface area contributed by atoms with Gasteiger partial charge in [-0.1, -0.05) is 54.6 Å². The molecular formula is C24H21N3O2S. The zero-order valence-electron chi connectivity index (χ0n) is 16.4. The van der Waals surface area contributed by atoms with Gasteiger partial charge in [0.1, 0.15) is 11.4 Å². The van der Waals surface area contributed by atoms with Crippen LogP contribution in [0.2, 0.25) is 0 Å². The average Bonchev–Trinajstić information content (AvgIpc) is 3.22. The van der Waals surface area contributed by atoms with Crippen molar-refractivity contribution in [2.24, 2.45) is 0 Å². The summed E-state index contributed by atoms with van der Waals surface area (Å²) in [6.45, 7) is -0.0372. The van der Waals surface area contributed by atoms with Crippen LogP contribution in [0.3, 0.4) is 0 Å². The van der Waals surface area contributed by atoms with E-state index in [-0.39, 0.29) is 24.1 Å². The minimum atomic E-state index is -0.181. The fourth-order valence-corrected chi connectivity index (χ4v) is 5.12. The summed E-state index contributed by atoms with van der Waals surface area (Å²) in [5.74, 6) is -0.170. The molecule has 0 unspecified atom stereocenters. The molecule has 5 rings (SSSR count). The van der Waals surface area contributed by atoms with E-state index in [0.717, 1.165) is 30.4 Å². The van der Waals surface area contributed by atoms with Crippen LogP contribution >= 0.6 is 11.3 Å². The highest BCUT2D eigenvalue weighted by Crippen LogP contribution is 2.31. The van der Waals surface area contributed by atoms with E-state index in [9.17, 15) is 9.59 Å². The van der Waals surface area contributed by atoms with Gasteiger partial charge in [0.2, 0.25) is 5.91 Å². The molecule has 0 aliphatic heterocycles. The quantitative estimate of drug-likeness (QED) is 0.540. The van der Waals surface area contributed by atoms with Crippen molar-refractivity contribution in [3.05, 3.63) is 87.8 Å². The van der Waals surface area contributed by atoms with Crippen molar-refractivity contribution in [3.63, 3.8) is 0 Å². The molecule has 1 N–H and O–H groups in total. The van der Waals surface area contributed by atoms with Gasteiger partial charge in [-0.25, -0.2) is 4.98 Å². The maximum absolute atomic E-state index is 13.2. The summed E-state index contributed by atoms with van der Waals surface area (Å²) in [6, 6.07) is 18.0. The summed E-state index contributed by atoms with van der Waals surface area (Å²) in [5.41, 5.74) is 4.13. The second-order valence-electron chi connectivity index (χ2n) is 7.58. The number of hydrogen-bond acceptors (Lipinski definition) is 4. The molecule has 0 saturated carbocycles. The zero-order chi connectivity index (χ0) is 20.5. The smallest absolute Gasteiger partial charge is 0.263 e. The van der Waals surface area contributed by atoms with Crippen LogP contribution in [-0.2, 0) is 17.8 Å². The molecule has 1 atom stereocenters. The Bertz CT molecular complexity index is 1280. The molecule has 30 heavy (non-hydrogen) atoms. The van der Waals surface area contributed by atoms with E-state index in [0.29, 0.717) is 10.2 Å². The van der Waals surface area contributed by atoms with Gasteiger partial charge < -0.3 is 5.32 Å². The third-order valence-corrected chi connectivity index (χ3v) is 6.55. The first kappa shape index (κ1) is 18.8. The fourth-order valence-electron chi connectivity index (χ4n) is 4.21. The summed E-state index contributed by atoms with van der Waals surface area (Å²) in [6.07, 6.45) is 4.48. The summed E-state index contributed by atoms with van der Waals surface area (Å²) in [5, 5.41) is 5.64. The predicted octanol–water partition coefficient (Wildman–Crippen LogP) is 4.32. The van der Waals surface area contributed by atoms with Gasteiger partial charge in [0.25, 0.3) is 5.56 Å². The highest BCUT2D eigenvalue weighted by atomic mass is 32.1. The summed E-state index contributed by atoms with van der Waals surface area (Å²) < 4.78 is 1.41. The topological polar surface area (TPSA) is 64.0 Å². The van der Waals surface area contributed by atoms with E-state index >= 15 is 0 Å². The van der Waals surface area contributed by atoms with Gasteiger partial charge in [0.15, 0.2) is 0 Å². The Morgan fingerprint density at radius 1 is 1.13 bits per heavy atom. The number of amides is 1. The molecular weight excluding hydrogens is 394 g/mol.